The lowest BCUT2D eigenvalue weighted by atomic mass is 10.2. The number of nitro benzene ring substituents is 1. The third-order valence-corrected chi connectivity index (χ3v) is 4.28. The normalized spacial score (nSPS) is 10.8. The Morgan fingerprint density at radius 2 is 1.88 bits per heavy atom. The molecule has 0 aliphatic carbocycles. The summed E-state index contributed by atoms with van der Waals surface area (Å²) in [5, 5.41) is 19.2. The summed E-state index contributed by atoms with van der Waals surface area (Å²) in [6, 6.07) is 8.12. The number of nitrogens with one attached hydrogen (secondary N) is 1. The Hall–Kier alpha value is -2.81. The molecule has 0 saturated heterocycles. The van der Waals surface area contributed by atoms with Crippen LogP contribution in [-0.2, 0) is 12.8 Å². The summed E-state index contributed by atoms with van der Waals surface area (Å²) in [6.07, 6.45) is 1.54. The van der Waals surface area contributed by atoms with Crippen molar-refractivity contribution < 1.29 is 4.92 Å². The maximum atomic E-state index is 10.8. The van der Waals surface area contributed by atoms with E-state index in [4.69, 9.17) is 0 Å². The first kappa shape index (κ1) is 17.0. The van der Waals surface area contributed by atoms with E-state index in [2.05, 4.69) is 25.1 Å². The van der Waals surface area contributed by atoms with Gasteiger partial charge in [-0.1, -0.05) is 13.8 Å². The van der Waals surface area contributed by atoms with E-state index in [0.29, 0.717) is 11.0 Å². The van der Waals surface area contributed by atoms with Gasteiger partial charge in [-0.2, -0.15) is 0 Å². The van der Waals surface area contributed by atoms with Gasteiger partial charge >= 0.3 is 0 Å². The Labute approximate surface area is 148 Å². The van der Waals surface area contributed by atoms with Crippen molar-refractivity contribution in [1.29, 1.82) is 0 Å². The maximum absolute atomic E-state index is 10.8. The molecular weight excluding hydrogens is 340 g/mol. The molecule has 0 spiro atoms. The van der Waals surface area contributed by atoms with Crippen molar-refractivity contribution in [2.45, 2.75) is 36.9 Å². The van der Waals surface area contributed by atoms with Crippen LogP contribution in [0.5, 0.6) is 0 Å². The van der Waals surface area contributed by atoms with Crippen molar-refractivity contribution in [1.82, 2.24) is 25.1 Å². The summed E-state index contributed by atoms with van der Waals surface area (Å²) in [4.78, 5) is 23.8. The molecular formula is C16H16N6O2S. The summed E-state index contributed by atoms with van der Waals surface area (Å²) in [7, 11) is 0. The first-order valence-electron chi connectivity index (χ1n) is 7.81. The van der Waals surface area contributed by atoms with E-state index in [1.54, 1.807) is 12.1 Å². The predicted molar refractivity (Wildman–Crippen MR) is 93.4 cm³/mol. The van der Waals surface area contributed by atoms with Crippen molar-refractivity contribution in [3.8, 4) is 11.4 Å². The van der Waals surface area contributed by atoms with E-state index >= 15 is 0 Å². The third kappa shape index (κ3) is 4.00. The Morgan fingerprint density at radius 3 is 2.48 bits per heavy atom. The van der Waals surface area contributed by atoms with Crippen molar-refractivity contribution in [2.24, 2.45) is 0 Å². The van der Waals surface area contributed by atoms with Crippen LogP contribution in [0.15, 0.2) is 40.5 Å². The van der Waals surface area contributed by atoms with Crippen molar-refractivity contribution >= 4 is 17.4 Å². The molecule has 0 amide bonds. The molecule has 0 saturated carbocycles. The summed E-state index contributed by atoms with van der Waals surface area (Å²) in [6.45, 7) is 4.01. The van der Waals surface area contributed by atoms with Gasteiger partial charge in [0.1, 0.15) is 10.9 Å². The van der Waals surface area contributed by atoms with E-state index in [-0.39, 0.29) is 5.69 Å². The number of non-ortho nitro benzene ring substituents is 1. The zero-order valence-electron chi connectivity index (χ0n) is 13.8. The first-order chi connectivity index (χ1) is 12.1. The van der Waals surface area contributed by atoms with E-state index in [1.165, 1.54) is 23.9 Å². The molecule has 128 valence electrons. The van der Waals surface area contributed by atoms with Crippen LogP contribution in [-0.4, -0.2) is 30.1 Å². The Balaban J connectivity index is 1.92. The van der Waals surface area contributed by atoms with Gasteiger partial charge in [-0.05, 0) is 36.4 Å². The van der Waals surface area contributed by atoms with Gasteiger partial charge in [0.25, 0.3) is 5.69 Å². The molecule has 1 aromatic carbocycles. The van der Waals surface area contributed by atoms with Gasteiger partial charge in [0.2, 0.25) is 5.16 Å². The van der Waals surface area contributed by atoms with Gasteiger partial charge in [0.05, 0.1) is 4.92 Å². The van der Waals surface area contributed by atoms with Crippen LogP contribution in [0.25, 0.3) is 11.4 Å². The third-order valence-electron chi connectivity index (χ3n) is 3.50. The fourth-order valence-electron chi connectivity index (χ4n) is 2.14. The molecule has 0 radical (unpaired) electrons. The number of H-pyrrole nitrogens is 1. The van der Waals surface area contributed by atoms with E-state index in [0.717, 1.165) is 34.9 Å². The van der Waals surface area contributed by atoms with Gasteiger partial charge in [0.15, 0.2) is 5.82 Å². The number of benzene rings is 1. The number of aryl methyl sites for hydroxylation is 2. The molecule has 9 heteroatoms. The first-order valence-corrected chi connectivity index (χ1v) is 8.62. The molecule has 2 aromatic heterocycles. The summed E-state index contributed by atoms with van der Waals surface area (Å²) < 4.78 is 0. The number of aromatic nitrogens is 5. The summed E-state index contributed by atoms with van der Waals surface area (Å²) in [5.41, 5.74) is 1.65. The van der Waals surface area contributed by atoms with Gasteiger partial charge in [-0.15, -0.1) is 5.10 Å². The largest absolute Gasteiger partial charge is 0.269 e. The van der Waals surface area contributed by atoms with Crippen LogP contribution in [0, 0.1) is 10.1 Å². The predicted octanol–water partition coefficient (Wildman–Crippen LogP) is 3.45. The lowest BCUT2D eigenvalue weighted by Crippen LogP contribution is -1.97. The number of rotatable bonds is 6. The van der Waals surface area contributed by atoms with Crippen LogP contribution >= 0.6 is 11.8 Å². The van der Waals surface area contributed by atoms with Crippen LogP contribution in [0.3, 0.4) is 0 Å². The Bertz CT molecular complexity index is 894. The van der Waals surface area contributed by atoms with E-state index < -0.39 is 4.92 Å². The minimum atomic E-state index is -0.428. The minimum Gasteiger partial charge on any atom is -0.262 e. The fraction of sp³-hybridized carbons (Fsp3) is 0.250. The highest BCUT2D eigenvalue weighted by Gasteiger charge is 2.12. The molecule has 3 rings (SSSR count). The maximum Gasteiger partial charge on any atom is 0.269 e. The van der Waals surface area contributed by atoms with Crippen molar-refractivity contribution in [3.05, 3.63) is 52.0 Å². The zero-order valence-corrected chi connectivity index (χ0v) is 14.6. The second kappa shape index (κ2) is 7.39. The molecule has 0 fully saturated rings. The minimum absolute atomic E-state index is 0.0396. The van der Waals surface area contributed by atoms with Crippen LogP contribution in [0.2, 0.25) is 0 Å². The van der Waals surface area contributed by atoms with Gasteiger partial charge in [0, 0.05) is 29.8 Å². The number of aromatic amines is 1. The average Bonchev–Trinajstić information content (AvgIpc) is 3.09. The molecule has 3 aromatic rings. The molecule has 2 heterocycles. The summed E-state index contributed by atoms with van der Waals surface area (Å²) in [5.74, 6) is 1.35. The summed E-state index contributed by atoms with van der Waals surface area (Å²) >= 11 is 1.36. The monoisotopic (exact) mass is 356 g/mol. The topological polar surface area (TPSA) is 110 Å². The van der Waals surface area contributed by atoms with Gasteiger partial charge in [-0.25, -0.2) is 15.0 Å². The SMILES string of the molecule is CCc1cc(Sc2n[nH]c(CC)n2)nc(-c2ccc([N+](=O)[O-])cc2)n1. The Kier molecular flexibility index (Phi) is 5.03. The highest BCUT2D eigenvalue weighted by Crippen LogP contribution is 2.27. The molecule has 0 aliphatic rings. The van der Waals surface area contributed by atoms with E-state index in [9.17, 15) is 10.1 Å². The molecule has 8 nitrogen and oxygen atoms in total. The van der Waals surface area contributed by atoms with Crippen LogP contribution < -0.4 is 0 Å². The zero-order chi connectivity index (χ0) is 17.8. The lowest BCUT2D eigenvalue weighted by molar-refractivity contribution is -0.384. The highest BCUT2D eigenvalue weighted by atomic mass is 32.2. The number of hydrogen-bond acceptors (Lipinski definition) is 7. The van der Waals surface area contributed by atoms with Crippen LogP contribution in [0.1, 0.15) is 25.4 Å². The average molecular weight is 356 g/mol. The quantitative estimate of drug-likeness (QED) is 0.409. The lowest BCUT2D eigenvalue weighted by Gasteiger charge is -2.06. The molecule has 0 aliphatic heterocycles. The van der Waals surface area contributed by atoms with Crippen LogP contribution in [0.4, 0.5) is 5.69 Å². The van der Waals surface area contributed by atoms with Crippen molar-refractivity contribution in [3.63, 3.8) is 0 Å². The molecule has 1 N–H and O–H groups in total. The van der Waals surface area contributed by atoms with Gasteiger partial charge < -0.3 is 0 Å². The standard InChI is InChI=1S/C16H16N6O2S/c1-3-11-9-14(25-16-18-13(4-2)20-21-16)19-15(17-11)10-5-7-12(8-6-10)22(23)24/h5-9H,3-4H2,1-2H3,(H,18,20,21). The second-order valence-electron chi connectivity index (χ2n) is 5.20. The molecule has 0 unspecified atom stereocenters. The molecule has 25 heavy (non-hydrogen) atoms. The molecule has 0 bridgehead atoms. The Morgan fingerprint density at radius 1 is 1.12 bits per heavy atom. The fourth-order valence-corrected chi connectivity index (χ4v) is 2.90. The molecule has 0 atom stereocenters. The highest BCUT2D eigenvalue weighted by molar-refractivity contribution is 7.99. The van der Waals surface area contributed by atoms with Crippen molar-refractivity contribution in [2.75, 3.05) is 0 Å². The smallest absolute Gasteiger partial charge is 0.262 e. The van der Waals surface area contributed by atoms with Gasteiger partial charge in [-0.3, -0.25) is 15.2 Å². The number of hydrogen-bond donors (Lipinski definition) is 1. The number of nitro groups is 1. The second-order valence-corrected chi connectivity index (χ2v) is 6.19. The van der Waals surface area contributed by atoms with E-state index in [1.807, 2.05) is 19.9 Å². The number of nitrogens with zero attached hydrogens (tertiary/aromatic N) is 5.